The van der Waals surface area contributed by atoms with E-state index in [0.717, 1.165) is 12.8 Å². The molecule has 0 aliphatic heterocycles. The quantitative estimate of drug-likeness (QED) is 0.740. The Hall–Kier alpha value is -1.59. The second kappa shape index (κ2) is 6.91. The van der Waals surface area contributed by atoms with Gasteiger partial charge in [0, 0.05) is 19.0 Å². The number of rotatable bonds is 7. The third-order valence-corrected chi connectivity index (χ3v) is 3.33. The van der Waals surface area contributed by atoms with Crippen molar-refractivity contribution >= 4 is 17.8 Å². The minimum atomic E-state index is -0.912. The molecule has 0 aromatic rings. The lowest BCUT2D eigenvalue weighted by Gasteiger charge is -2.25. The van der Waals surface area contributed by atoms with Gasteiger partial charge in [0.1, 0.15) is 0 Å². The van der Waals surface area contributed by atoms with Gasteiger partial charge in [-0.3, -0.25) is 14.4 Å². The predicted octanol–water partition coefficient (Wildman–Crippen LogP) is 1.25. The number of hydrogen-bond acceptors (Lipinski definition) is 3. The van der Waals surface area contributed by atoms with Gasteiger partial charge in [0.25, 0.3) is 0 Å². The molecule has 6 nitrogen and oxygen atoms in total. The smallest absolute Gasteiger partial charge is 0.308 e. The van der Waals surface area contributed by atoms with Gasteiger partial charge in [-0.25, -0.2) is 0 Å². The van der Waals surface area contributed by atoms with Crippen molar-refractivity contribution < 1.29 is 19.5 Å². The minimum Gasteiger partial charge on any atom is -0.481 e. The molecule has 120 valence electrons. The van der Waals surface area contributed by atoms with Gasteiger partial charge in [-0.05, 0) is 18.3 Å². The molecular formula is C15H26N2O4. The number of nitrogens with one attached hydrogen (secondary N) is 1. The molecule has 1 saturated carbocycles. The zero-order valence-electron chi connectivity index (χ0n) is 13.3. The third-order valence-electron chi connectivity index (χ3n) is 3.33. The monoisotopic (exact) mass is 298 g/mol. The van der Waals surface area contributed by atoms with Gasteiger partial charge in [-0.1, -0.05) is 27.7 Å². The van der Waals surface area contributed by atoms with Crippen LogP contribution in [0, 0.1) is 11.3 Å². The summed E-state index contributed by atoms with van der Waals surface area (Å²) in [6.45, 7) is 7.60. The molecule has 1 unspecified atom stereocenters. The summed E-state index contributed by atoms with van der Waals surface area (Å²) in [7, 11) is 0. The van der Waals surface area contributed by atoms with Crippen molar-refractivity contribution in [1.29, 1.82) is 0 Å². The Morgan fingerprint density at radius 3 is 2.29 bits per heavy atom. The summed E-state index contributed by atoms with van der Waals surface area (Å²) in [6, 6.07) is 0.138. The average Bonchev–Trinajstić information content (AvgIpc) is 3.14. The Kier molecular flexibility index (Phi) is 5.75. The minimum absolute atomic E-state index is 0.0578. The van der Waals surface area contributed by atoms with Crippen molar-refractivity contribution in [2.75, 3.05) is 13.1 Å². The maximum absolute atomic E-state index is 12.2. The highest BCUT2D eigenvalue weighted by Crippen LogP contribution is 2.27. The van der Waals surface area contributed by atoms with Crippen LogP contribution in [-0.2, 0) is 14.4 Å². The van der Waals surface area contributed by atoms with E-state index >= 15 is 0 Å². The Labute approximate surface area is 125 Å². The summed E-state index contributed by atoms with van der Waals surface area (Å²) in [5.41, 5.74) is -0.124. The van der Waals surface area contributed by atoms with Crippen LogP contribution in [0.2, 0.25) is 0 Å². The van der Waals surface area contributed by atoms with Gasteiger partial charge in [0.15, 0.2) is 0 Å². The van der Waals surface area contributed by atoms with E-state index in [1.165, 1.54) is 0 Å². The number of amides is 2. The lowest BCUT2D eigenvalue weighted by molar-refractivity contribution is -0.143. The fourth-order valence-corrected chi connectivity index (χ4v) is 2.03. The van der Waals surface area contributed by atoms with Crippen LogP contribution in [-0.4, -0.2) is 46.9 Å². The highest BCUT2D eigenvalue weighted by Gasteiger charge is 2.34. The molecule has 0 aromatic heterocycles. The summed E-state index contributed by atoms with van der Waals surface area (Å²) in [4.78, 5) is 36.4. The van der Waals surface area contributed by atoms with E-state index in [9.17, 15) is 14.4 Å². The van der Waals surface area contributed by atoms with Crippen molar-refractivity contribution in [3.63, 3.8) is 0 Å². The third kappa shape index (κ3) is 6.60. The lowest BCUT2D eigenvalue weighted by Crippen LogP contribution is -2.44. The molecule has 1 fully saturated rings. The number of carboxylic acids is 1. The number of carboxylic acid groups (broad SMARTS) is 1. The van der Waals surface area contributed by atoms with Gasteiger partial charge in [0.05, 0.1) is 12.5 Å². The van der Waals surface area contributed by atoms with E-state index in [4.69, 9.17) is 5.11 Å². The van der Waals surface area contributed by atoms with Crippen LogP contribution in [0.25, 0.3) is 0 Å². The van der Waals surface area contributed by atoms with Gasteiger partial charge >= 0.3 is 5.97 Å². The first-order valence-electron chi connectivity index (χ1n) is 7.39. The van der Waals surface area contributed by atoms with Crippen LogP contribution in [0.3, 0.4) is 0 Å². The van der Waals surface area contributed by atoms with Crippen LogP contribution < -0.4 is 5.32 Å². The molecule has 0 aromatic carbocycles. The molecule has 1 rings (SSSR count). The zero-order valence-corrected chi connectivity index (χ0v) is 13.3. The number of nitrogens with zero attached hydrogens (tertiary/aromatic N) is 1. The number of hydrogen-bond donors (Lipinski definition) is 2. The largest absolute Gasteiger partial charge is 0.481 e. The Bertz CT molecular complexity index is 410. The number of carbonyl (C=O) groups is 3. The molecule has 1 atom stereocenters. The highest BCUT2D eigenvalue weighted by molar-refractivity contribution is 5.85. The van der Waals surface area contributed by atoms with E-state index < -0.39 is 11.9 Å². The first kappa shape index (κ1) is 17.5. The van der Waals surface area contributed by atoms with Gasteiger partial charge in [-0.2, -0.15) is 0 Å². The van der Waals surface area contributed by atoms with E-state index in [1.807, 2.05) is 20.8 Å². The van der Waals surface area contributed by atoms with Crippen molar-refractivity contribution in [2.24, 2.45) is 11.3 Å². The standard InChI is InChI=1S/C15H26N2O4/c1-10(14(20)21)9-17(11-5-6-11)13(19)8-16-12(18)7-15(2,3)4/h10-11H,5-9H2,1-4H3,(H,16,18)(H,20,21). The fourth-order valence-electron chi connectivity index (χ4n) is 2.03. The second-order valence-corrected chi connectivity index (χ2v) is 7.03. The normalized spacial score (nSPS) is 16.2. The predicted molar refractivity (Wildman–Crippen MR) is 78.6 cm³/mol. The van der Waals surface area contributed by atoms with Crippen molar-refractivity contribution in [1.82, 2.24) is 10.2 Å². The average molecular weight is 298 g/mol. The van der Waals surface area contributed by atoms with Gasteiger partial charge in [-0.15, -0.1) is 0 Å². The molecule has 21 heavy (non-hydrogen) atoms. The summed E-state index contributed by atoms with van der Waals surface area (Å²) >= 11 is 0. The summed E-state index contributed by atoms with van der Waals surface area (Å²) < 4.78 is 0. The van der Waals surface area contributed by atoms with Crippen molar-refractivity contribution in [2.45, 2.75) is 53.0 Å². The topological polar surface area (TPSA) is 86.7 Å². The molecule has 0 saturated heterocycles. The molecule has 6 heteroatoms. The maximum Gasteiger partial charge on any atom is 0.308 e. The number of aliphatic carboxylic acids is 1. The molecule has 0 bridgehead atoms. The maximum atomic E-state index is 12.2. The van der Waals surface area contributed by atoms with E-state index in [2.05, 4.69) is 5.32 Å². The molecule has 1 aliphatic rings. The summed E-state index contributed by atoms with van der Waals surface area (Å²) in [5.74, 6) is -1.87. The molecule has 0 spiro atoms. The van der Waals surface area contributed by atoms with E-state index in [-0.39, 0.29) is 36.4 Å². The van der Waals surface area contributed by atoms with Crippen LogP contribution >= 0.6 is 0 Å². The summed E-state index contributed by atoms with van der Waals surface area (Å²) in [5, 5.41) is 11.6. The first-order chi connectivity index (χ1) is 9.60. The Morgan fingerprint density at radius 1 is 1.29 bits per heavy atom. The second-order valence-electron chi connectivity index (χ2n) is 7.03. The number of carbonyl (C=O) groups excluding carboxylic acids is 2. The molecule has 0 heterocycles. The molecule has 1 aliphatic carbocycles. The van der Waals surface area contributed by atoms with E-state index in [0.29, 0.717) is 6.42 Å². The SMILES string of the molecule is CC(CN(C(=O)CNC(=O)CC(C)(C)C)C1CC1)C(=O)O. The zero-order chi connectivity index (χ0) is 16.2. The van der Waals surface area contributed by atoms with Crippen LogP contribution in [0.4, 0.5) is 0 Å². The fraction of sp³-hybridized carbons (Fsp3) is 0.800. The molecule has 0 radical (unpaired) electrons. The van der Waals surface area contributed by atoms with Crippen molar-refractivity contribution in [3.05, 3.63) is 0 Å². The summed E-state index contributed by atoms with van der Waals surface area (Å²) in [6.07, 6.45) is 2.18. The molecule has 2 N–H and O–H groups in total. The van der Waals surface area contributed by atoms with Crippen LogP contribution in [0.5, 0.6) is 0 Å². The Balaban J connectivity index is 2.47. The lowest BCUT2D eigenvalue weighted by atomic mass is 9.92. The first-order valence-corrected chi connectivity index (χ1v) is 7.39. The van der Waals surface area contributed by atoms with E-state index in [1.54, 1.807) is 11.8 Å². The molecule has 2 amide bonds. The van der Waals surface area contributed by atoms with Crippen molar-refractivity contribution in [3.8, 4) is 0 Å². The Morgan fingerprint density at radius 2 is 1.86 bits per heavy atom. The highest BCUT2D eigenvalue weighted by atomic mass is 16.4. The van der Waals surface area contributed by atoms with Crippen LogP contribution in [0.1, 0.15) is 47.0 Å². The van der Waals surface area contributed by atoms with Crippen LogP contribution in [0.15, 0.2) is 0 Å². The van der Waals surface area contributed by atoms with Gasteiger partial charge < -0.3 is 15.3 Å². The van der Waals surface area contributed by atoms with Gasteiger partial charge in [0.2, 0.25) is 11.8 Å². The molecular weight excluding hydrogens is 272 g/mol.